The zero-order valence-corrected chi connectivity index (χ0v) is 32.8. The molecule has 0 bridgehead atoms. The zero-order valence-electron chi connectivity index (χ0n) is 32.0. The van der Waals surface area contributed by atoms with Crippen molar-refractivity contribution in [3.8, 4) is 5.75 Å². The number of likely N-dealkylation sites (N-methyl/N-ethyl adjacent to an activating group) is 1. The monoisotopic (exact) mass is 768 g/mol. The number of rotatable bonds is 19. The van der Waals surface area contributed by atoms with Gasteiger partial charge >= 0.3 is 12.1 Å². The number of nitrogens with one attached hydrogen (secondary N) is 5. The highest BCUT2D eigenvalue weighted by Crippen LogP contribution is 2.26. The molecule has 0 radical (unpaired) electrons. The second kappa shape index (κ2) is 20.4. The number of hydrogen-bond donors (Lipinski definition) is 5. The van der Waals surface area contributed by atoms with Gasteiger partial charge in [0.05, 0.1) is 18.6 Å². The van der Waals surface area contributed by atoms with Gasteiger partial charge in [-0.1, -0.05) is 18.2 Å². The van der Waals surface area contributed by atoms with Crippen molar-refractivity contribution in [2.45, 2.75) is 76.8 Å². The number of aromatic nitrogens is 1. The third-order valence-electron chi connectivity index (χ3n) is 7.79. The van der Waals surface area contributed by atoms with Crippen molar-refractivity contribution >= 4 is 39.7 Å². The molecular weight excluding hydrogens is 717 g/mol. The van der Waals surface area contributed by atoms with E-state index in [0.717, 1.165) is 18.4 Å². The molecule has 0 unspecified atom stereocenters. The van der Waals surface area contributed by atoms with Gasteiger partial charge < -0.3 is 30.2 Å². The van der Waals surface area contributed by atoms with Gasteiger partial charge in [-0.15, -0.1) is 0 Å². The van der Waals surface area contributed by atoms with Crippen LogP contribution < -0.4 is 30.7 Å². The van der Waals surface area contributed by atoms with E-state index in [9.17, 15) is 27.6 Å². The maximum Gasteiger partial charge on any atom is 0.413 e. The molecule has 0 aliphatic heterocycles. The van der Waals surface area contributed by atoms with Crippen molar-refractivity contribution in [3.63, 3.8) is 0 Å². The number of aryl methyl sites for hydroxylation is 4. The van der Waals surface area contributed by atoms with E-state index in [2.05, 4.69) is 31.0 Å². The molecule has 3 aromatic rings. The SMILES string of the molecule is CNCCNC(=O)CCCOc1cc(C)c(S(=O)(=O)N[C@@H](CNC(=O)c2ccc(CCc3cccc(NC(=O)OC(C)(C)C)n3)cc2)C(=O)OC)c(C)c1. The van der Waals surface area contributed by atoms with E-state index in [4.69, 9.17) is 14.2 Å². The molecule has 15 nitrogen and oxygen atoms in total. The van der Waals surface area contributed by atoms with Gasteiger partial charge in [0.1, 0.15) is 23.2 Å². The summed E-state index contributed by atoms with van der Waals surface area (Å²) >= 11 is 0. The average molecular weight is 769 g/mol. The predicted octanol–water partition coefficient (Wildman–Crippen LogP) is 3.58. The molecule has 1 heterocycles. The first-order valence-electron chi connectivity index (χ1n) is 17.6. The summed E-state index contributed by atoms with van der Waals surface area (Å²) in [5.74, 6) is -0.648. The van der Waals surface area contributed by atoms with E-state index in [0.29, 0.717) is 67.0 Å². The highest BCUT2D eigenvalue weighted by Gasteiger charge is 2.29. The molecule has 0 aliphatic carbocycles. The van der Waals surface area contributed by atoms with Crippen molar-refractivity contribution in [1.82, 2.24) is 25.7 Å². The summed E-state index contributed by atoms with van der Waals surface area (Å²) in [5.41, 5.74) is 2.13. The van der Waals surface area contributed by atoms with Crippen LogP contribution in [0.4, 0.5) is 10.6 Å². The summed E-state index contributed by atoms with van der Waals surface area (Å²) < 4.78 is 45.3. The molecule has 0 spiro atoms. The number of carbonyl (C=O) groups excluding carboxylic acids is 4. The predicted molar refractivity (Wildman–Crippen MR) is 204 cm³/mol. The first-order valence-corrected chi connectivity index (χ1v) is 19.1. The Morgan fingerprint density at radius 1 is 0.907 bits per heavy atom. The van der Waals surface area contributed by atoms with Crippen LogP contribution in [0.25, 0.3) is 0 Å². The van der Waals surface area contributed by atoms with Crippen LogP contribution in [-0.4, -0.2) is 89.3 Å². The number of methoxy groups -OCH3 is 1. The van der Waals surface area contributed by atoms with Crippen molar-refractivity contribution < 1.29 is 41.8 Å². The standard InChI is InChI=1S/C38H52N6O9S/c1-25-22-30(52-21-9-12-33(45)40-20-19-39-6)23-26(2)34(25)54(49,50)44-31(36(47)51-7)24-41-35(46)28-16-13-27(14-17-28)15-18-29-10-8-11-32(42-29)43-37(48)53-38(3,4)5/h8,10-11,13-14,16-17,22-23,31,39,44H,9,12,15,18-21,24H2,1-7H3,(H,40,45)(H,41,46)(H,42,43,48)/t31-/m0/s1. The minimum Gasteiger partial charge on any atom is -0.494 e. The number of nitrogens with zero attached hydrogens (tertiary/aromatic N) is 1. The minimum absolute atomic E-state index is 0.0317. The molecule has 0 aliphatic rings. The van der Waals surface area contributed by atoms with E-state index >= 15 is 0 Å². The Hall–Kier alpha value is -5.06. The first kappa shape index (κ1) is 43.3. The van der Waals surface area contributed by atoms with Crippen LogP contribution in [0.3, 0.4) is 0 Å². The molecule has 3 rings (SSSR count). The molecule has 294 valence electrons. The number of ether oxygens (including phenoxy) is 3. The van der Waals surface area contributed by atoms with Crippen molar-refractivity contribution in [2.75, 3.05) is 45.7 Å². The first-order chi connectivity index (χ1) is 25.5. The molecule has 0 fully saturated rings. The van der Waals surface area contributed by atoms with Gasteiger partial charge in [-0.05, 0) is 114 Å². The lowest BCUT2D eigenvalue weighted by Gasteiger charge is -2.20. The van der Waals surface area contributed by atoms with Gasteiger partial charge in [0.2, 0.25) is 15.9 Å². The van der Waals surface area contributed by atoms with Crippen LogP contribution >= 0.6 is 0 Å². The summed E-state index contributed by atoms with van der Waals surface area (Å²) in [6.45, 7) is 9.65. The number of esters is 1. The largest absolute Gasteiger partial charge is 0.494 e. The quantitative estimate of drug-likeness (QED) is 0.0882. The second-order valence-electron chi connectivity index (χ2n) is 13.5. The number of amides is 3. The molecule has 1 atom stereocenters. The maximum absolute atomic E-state index is 13.5. The zero-order chi connectivity index (χ0) is 39.9. The molecule has 2 aromatic carbocycles. The Balaban J connectivity index is 1.56. The Labute approximate surface area is 317 Å². The van der Waals surface area contributed by atoms with Gasteiger partial charge in [-0.2, -0.15) is 4.72 Å². The minimum atomic E-state index is -4.25. The van der Waals surface area contributed by atoms with E-state index in [1.54, 1.807) is 90.2 Å². The maximum atomic E-state index is 13.5. The molecule has 54 heavy (non-hydrogen) atoms. The normalized spacial score (nSPS) is 12.0. The Morgan fingerprint density at radius 3 is 2.22 bits per heavy atom. The summed E-state index contributed by atoms with van der Waals surface area (Å²) in [4.78, 5) is 54.1. The van der Waals surface area contributed by atoms with E-state index in [-0.39, 0.29) is 24.0 Å². The highest BCUT2D eigenvalue weighted by molar-refractivity contribution is 7.89. The highest BCUT2D eigenvalue weighted by atomic mass is 32.2. The Bertz CT molecular complexity index is 1840. The Kier molecular flexibility index (Phi) is 16.4. The second-order valence-corrected chi connectivity index (χ2v) is 15.2. The van der Waals surface area contributed by atoms with Crippen molar-refractivity contribution in [3.05, 3.63) is 82.5 Å². The molecule has 3 amide bonds. The molecular formula is C38H52N6O9S. The van der Waals surface area contributed by atoms with Gasteiger partial charge in [0.15, 0.2) is 0 Å². The number of pyridine rings is 1. The molecule has 16 heteroatoms. The van der Waals surface area contributed by atoms with Gasteiger partial charge in [0.25, 0.3) is 5.91 Å². The lowest BCUT2D eigenvalue weighted by molar-refractivity contribution is -0.142. The Morgan fingerprint density at radius 2 is 1.59 bits per heavy atom. The van der Waals surface area contributed by atoms with E-state index < -0.39 is 39.6 Å². The lowest BCUT2D eigenvalue weighted by atomic mass is 10.1. The van der Waals surface area contributed by atoms with Crippen molar-refractivity contribution in [1.29, 1.82) is 0 Å². The van der Waals surface area contributed by atoms with Crippen LogP contribution in [0, 0.1) is 13.8 Å². The summed E-state index contributed by atoms with van der Waals surface area (Å²) in [6, 6.07) is 13.9. The van der Waals surface area contributed by atoms with Crippen LogP contribution in [0.5, 0.6) is 5.75 Å². The average Bonchev–Trinajstić information content (AvgIpc) is 3.09. The van der Waals surface area contributed by atoms with Crippen LogP contribution in [0.2, 0.25) is 0 Å². The van der Waals surface area contributed by atoms with Crippen LogP contribution in [-0.2, 0) is 41.9 Å². The number of hydrogen-bond acceptors (Lipinski definition) is 11. The lowest BCUT2D eigenvalue weighted by Crippen LogP contribution is -2.49. The van der Waals surface area contributed by atoms with Gasteiger partial charge in [-0.3, -0.25) is 19.7 Å². The van der Waals surface area contributed by atoms with E-state index in [1.165, 1.54) is 0 Å². The number of anilines is 1. The number of sulfonamides is 1. The van der Waals surface area contributed by atoms with Crippen LogP contribution in [0.15, 0.2) is 59.5 Å². The topological polar surface area (TPSA) is 203 Å². The number of carbonyl (C=O) groups is 4. The summed E-state index contributed by atoms with van der Waals surface area (Å²) in [7, 11) is -1.32. The summed E-state index contributed by atoms with van der Waals surface area (Å²) in [5, 5.41) is 11.0. The molecule has 1 aromatic heterocycles. The molecule has 0 saturated heterocycles. The third kappa shape index (κ3) is 14.4. The molecule has 0 saturated carbocycles. The fourth-order valence-corrected chi connectivity index (χ4v) is 6.94. The smallest absolute Gasteiger partial charge is 0.413 e. The molecule has 5 N–H and O–H groups in total. The van der Waals surface area contributed by atoms with E-state index in [1.807, 2.05) is 6.07 Å². The summed E-state index contributed by atoms with van der Waals surface area (Å²) in [6.07, 6.45) is 1.36. The van der Waals surface area contributed by atoms with Gasteiger partial charge in [-0.25, -0.2) is 18.2 Å². The van der Waals surface area contributed by atoms with Crippen LogP contribution in [0.1, 0.15) is 66.4 Å². The number of benzene rings is 2. The third-order valence-corrected chi connectivity index (χ3v) is 9.56. The van der Waals surface area contributed by atoms with Gasteiger partial charge in [0, 0.05) is 37.3 Å². The van der Waals surface area contributed by atoms with Crippen molar-refractivity contribution in [2.24, 2.45) is 0 Å². The fourth-order valence-electron chi connectivity index (χ4n) is 5.31. The fraction of sp³-hybridized carbons (Fsp3) is 0.447.